The van der Waals surface area contributed by atoms with Crippen LogP contribution in [0.2, 0.25) is 5.02 Å². The Morgan fingerprint density at radius 1 is 0.780 bits per heavy atom. The first-order valence-electron chi connectivity index (χ1n) is 19.6. The van der Waals surface area contributed by atoms with Gasteiger partial charge in [-0.3, -0.25) is 29.5 Å². The number of hydrogen-bond acceptors (Lipinski definition) is 9. The van der Waals surface area contributed by atoms with Gasteiger partial charge in [0.05, 0.1) is 45.9 Å². The van der Waals surface area contributed by atoms with E-state index in [0.717, 1.165) is 21.8 Å². The zero-order valence-electron chi connectivity index (χ0n) is 32.6. The molecule has 2 aliphatic heterocycles. The number of fused-ring (bicyclic) bond motifs is 4. The number of halogens is 1. The average molecular weight is 805 g/mol. The van der Waals surface area contributed by atoms with Gasteiger partial charge in [-0.2, -0.15) is 15.2 Å². The molecule has 4 amide bonds. The summed E-state index contributed by atoms with van der Waals surface area (Å²) in [6.45, 7) is 1.95. The predicted molar refractivity (Wildman–Crippen MR) is 226 cm³/mol. The highest BCUT2D eigenvalue weighted by atomic mass is 35.5. The molecule has 12 heteroatoms. The van der Waals surface area contributed by atoms with Gasteiger partial charge < -0.3 is 10.0 Å². The Kier molecular flexibility index (Phi) is 9.43. The van der Waals surface area contributed by atoms with Crippen LogP contribution in [0.5, 0.6) is 5.75 Å². The van der Waals surface area contributed by atoms with Crippen molar-refractivity contribution >= 4 is 63.7 Å². The fourth-order valence-corrected chi connectivity index (χ4v) is 9.88. The van der Waals surface area contributed by atoms with Crippen molar-refractivity contribution in [3.8, 4) is 5.75 Å². The first-order valence-corrected chi connectivity index (χ1v) is 20.0. The first-order chi connectivity index (χ1) is 28.5. The summed E-state index contributed by atoms with van der Waals surface area (Å²) in [5.41, 5.74) is 7.50. The molecule has 2 N–H and O–H groups in total. The number of hydrazine groups is 1. The number of amides is 4. The number of carbonyl (C=O) groups excluding carboxylic acids is 4. The smallest absolute Gasteiger partial charge is 0.260 e. The molecule has 9 rings (SSSR count). The molecule has 3 fully saturated rings. The van der Waals surface area contributed by atoms with Gasteiger partial charge in [0.1, 0.15) is 5.75 Å². The number of rotatable bonds is 8. The van der Waals surface area contributed by atoms with Crippen molar-refractivity contribution in [2.45, 2.75) is 31.1 Å². The van der Waals surface area contributed by atoms with E-state index in [4.69, 9.17) is 11.6 Å². The van der Waals surface area contributed by atoms with Gasteiger partial charge in [-0.15, -0.1) is 0 Å². The Balaban J connectivity index is 1.10. The standard InChI is InChI=1S/C47H41ClN6O5/c1-27-9-12-32(13-10-27)51-54-44(57)39-26-37-35(42(38-25-29(48)11-24-40(38)55)47(39,46(54)59)28-7-5-4-6-8-28)22-23-36-41(37)45(58)53(43(36)56)34-20-16-31(17-21-34)50-49-30-14-18-33(19-15-30)52(2)3/h4-22,24-25,36-37,39,41-42,51,55H,23,26H2,1-3H3/t36-,37+,39-,41-,42+,47+/m0/s1. The molecule has 0 spiro atoms. The molecule has 0 unspecified atom stereocenters. The number of anilines is 3. The molecule has 5 aromatic rings. The summed E-state index contributed by atoms with van der Waals surface area (Å²) < 4.78 is 0. The van der Waals surface area contributed by atoms with E-state index in [1.165, 1.54) is 11.0 Å². The molecular formula is C47H41ClN6O5. The molecule has 6 atom stereocenters. The zero-order valence-corrected chi connectivity index (χ0v) is 33.4. The number of phenols is 1. The second-order valence-corrected chi connectivity index (χ2v) is 16.4. The van der Waals surface area contributed by atoms with Gasteiger partial charge in [-0.25, -0.2) is 0 Å². The third kappa shape index (κ3) is 6.19. The summed E-state index contributed by atoms with van der Waals surface area (Å²) in [4.78, 5) is 62.5. The summed E-state index contributed by atoms with van der Waals surface area (Å²) in [6, 6.07) is 35.7. The number of carbonyl (C=O) groups is 4. The number of benzene rings is 5. The lowest BCUT2D eigenvalue weighted by Crippen LogP contribution is -2.53. The minimum Gasteiger partial charge on any atom is -0.508 e. The van der Waals surface area contributed by atoms with Crippen LogP contribution in [0.4, 0.5) is 28.4 Å². The number of azo groups is 1. The van der Waals surface area contributed by atoms with Gasteiger partial charge in [0.2, 0.25) is 11.8 Å². The molecule has 11 nitrogen and oxygen atoms in total. The normalized spacial score (nSPS) is 24.9. The molecule has 296 valence electrons. The van der Waals surface area contributed by atoms with Crippen molar-refractivity contribution in [2.24, 2.45) is 33.9 Å². The predicted octanol–water partition coefficient (Wildman–Crippen LogP) is 9.02. The fourth-order valence-electron chi connectivity index (χ4n) is 9.70. The Morgan fingerprint density at radius 3 is 2.10 bits per heavy atom. The number of aryl methyl sites for hydroxylation is 1. The SMILES string of the molecule is Cc1ccc(NN2C(=O)[C@@H]3C[C@@H]4C(=CC[C@@H]5C(=O)N(c6ccc(N=Nc7ccc(N(C)C)cc7)cc6)C(=O)[C@@H]54)[C@H](c4cc(Cl)ccc4O)[C@]3(c3ccccc3)C2=O)cc1. The minimum atomic E-state index is -1.53. The Bertz CT molecular complexity index is 2560. The maximum atomic E-state index is 15.3. The molecule has 2 aliphatic carbocycles. The van der Waals surface area contributed by atoms with Crippen LogP contribution in [0.1, 0.15) is 35.4 Å². The van der Waals surface area contributed by atoms with E-state index < -0.39 is 46.8 Å². The number of allylic oxidation sites excluding steroid dienone is 2. The van der Waals surface area contributed by atoms with Crippen LogP contribution in [-0.2, 0) is 24.6 Å². The molecule has 0 aromatic heterocycles. The lowest BCUT2D eigenvalue weighted by Gasteiger charge is -2.50. The second-order valence-electron chi connectivity index (χ2n) is 15.9. The highest BCUT2D eigenvalue weighted by Gasteiger charge is 2.70. The Labute approximate surface area is 346 Å². The summed E-state index contributed by atoms with van der Waals surface area (Å²) in [5.74, 6) is -5.73. The number of aromatic hydroxyl groups is 1. The molecular weight excluding hydrogens is 764 g/mol. The molecule has 1 saturated carbocycles. The van der Waals surface area contributed by atoms with Gasteiger partial charge in [0.15, 0.2) is 0 Å². The van der Waals surface area contributed by atoms with Crippen molar-refractivity contribution in [1.82, 2.24) is 5.01 Å². The van der Waals surface area contributed by atoms with Gasteiger partial charge >= 0.3 is 0 Å². The quantitative estimate of drug-likeness (QED) is 0.0908. The van der Waals surface area contributed by atoms with Crippen LogP contribution in [0.15, 0.2) is 143 Å². The van der Waals surface area contributed by atoms with E-state index in [1.807, 2.05) is 98.7 Å². The number of nitrogens with zero attached hydrogens (tertiary/aromatic N) is 5. The summed E-state index contributed by atoms with van der Waals surface area (Å²) in [7, 11) is 3.93. The lowest BCUT2D eigenvalue weighted by atomic mass is 9.49. The number of phenolic OH excluding ortho intramolecular Hbond substituents is 1. The van der Waals surface area contributed by atoms with Crippen molar-refractivity contribution in [2.75, 3.05) is 29.3 Å². The van der Waals surface area contributed by atoms with Crippen LogP contribution < -0.4 is 15.2 Å². The van der Waals surface area contributed by atoms with Crippen LogP contribution in [0.25, 0.3) is 0 Å². The molecule has 4 aliphatic rings. The Morgan fingerprint density at radius 2 is 1.44 bits per heavy atom. The largest absolute Gasteiger partial charge is 0.508 e. The Hall–Kier alpha value is -6.59. The summed E-state index contributed by atoms with van der Waals surface area (Å²) in [6.07, 6.45) is 2.31. The topological polar surface area (TPSA) is 135 Å². The van der Waals surface area contributed by atoms with E-state index in [2.05, 4.69) is 15.7 Å². The first kappa shape index (κ1) is 38.0. The van der Waals surface area contributed by atoms with E-state index in [-0.39, 0.29) is 30.4 Å². The molecule has 59 heavy (non-hydrogen) atoms. The number of imide groups is 2. The van der Waals surface area contributed by atoms with Crippen LogP contribution in [0.3, 0.4) is 0 Å². The number of nitrogens with one attached hydrogen (secondary N) is 1. The van der Waals surface area contributed by atoms with E-state index >= 15 is 4.79 Å². The van der Waals surface area contributed by atoms with Crippen LogP contribution in [0, 0.1) is 30.6 Å². The molecule has 5 aromatic carbocycles. The van der Waals surface area contributed by atoms with E-state index in [9.17, 15) is 19.5 Å². The van der Waals surface area contributed by atoms with Crippen LogP contribution >= 0.6 is 11.6 Å². The second kappa shape index (κ2) is 14.7. The molecule has 0 radical (unpaired) electrons. The van der Waals surface area contributed by atoms with Crippen molar-refractivity contribution < 1.29 is 24.3 Å². The van der Waals surface area contributed by atoms with Gasteiger partial charge in [-0.05, 0) is 110 Å². The third-order valence-electron chi connectivity index (χ3n) is 12.4. The van der Waals surface area contributed by atoms with E-state index in [0.29, 0.717) is 38.9 Å². The highest BCUT2D eigenvalue weighted by Crippen LogP contribution is 2.65. The van der Waals surface area contributed by atoms with E-state index in [1.54, 1.807) is 48.5 Å². The molecule has 0 bridgehead atoms. The summed E-state index contributed by atoms with van der Waals surface area (Å²) >= 11 is 6.63. The number of hydrogen-bond donors (Lipinski definition) is 2. The van der Waals surface area contributed by atoms with Crippen molar-refractivity contribution in [1.29, 1.82) is 0 Å². The fraction of sp³-hybridized carbons (Fsp3) is 0.234. The average Bonchev–Trinajstić information content (AvgIpc) is 3.63. The monoisotopic (exact) mass is 804 g/mol. The zero-order chi connectivity index (χ0) is 41.2. The highest BCUT2D eigenvalue weighted by molar-refractivity contribution is 6.30. The van der Waals surface area contributed by atoms with Gasteiger partial charge in [0.25, 0.3) is 11.8 Å². The van der Waals surface area contributed by atoms with Crippen molar-refractivity contribution in [3.63, 3.8) is 0 Å². The molecule has 2 heterocycles. The summed E-state index contributed by atoms with van der Waals surface area (Å²) in [5, 5.41) is 21.7. The third-order valence-corrected chi connectivity index (χ3v) is 12.7. The maximum Gasteiger partial charge on any atom is 0.260 e. The minimum absolute atomic E-state index is 0.0967. The molecule has 2 saturated heterocycles. The van der Waals surface area contributed by atoms with Crippen LogP contribution in [-0.4, -0.2) is 47.8 Å². The van der Waals surface area contributed by atoms with Gasteiger partial charge in [-0.1, -0.05) is 71.3 Å². The van der Waals surface area contributed by atoms with Crippen molar-refractivity contribution in [3.05, 3.63) is 155 Å². The lowest BCUT2D eigenvalue weighted by molar-refractivity contribution is -0.138. The maximum absolute atomic E-state index is 15.3. The van der Waals surface area contributed by atoms with Gasteiger partial charge in [0, 0.05) is 36.3 Å².